The first-order valence-corrected chi connectivity index (χ1v) is 14.6. The Bertz CT molecular complexity index is 1070. The number of nitrogens with one attached hydrogen (secondary N) is 1. The van der Waals surface area contributed by atoms with Gasteiger partial charge in [-0.05, 0) is 64.8 Å². The van der Waals surface area contributed by atoms with Gasteiger partial charge in [0, 0.05) is 6.54 Å². The minimum Gasteiger partial charge on any atom is -0.395 e. The van der Waals surface area contributed by atoms with Gasteiger partial charge in [0.2, 0.25) is 4.34 Å². The third-order valence-electron chi connectivity index (χ3n) is 7.28. The van der Waals surface area contributed by atoms with Crippen molar-refractivity contribution in [2.45, 2.75) is 94.2 Å². The Morgan fingerprint density at radius 3 is 2.45 bits per heavy atom. The molecule has 0 saturated heterocycles. The monoisotopic (exact) mass is 490 g/mol. The predicted octanol–water partition coefficient (Wildman–Crippen LogP) is 5.55. The summed E-state index contributed by atoms with van der Waals surface area (Å²) in [6, 6.07) is 6.86. The fourth-order valence-corrected chi connectivity index (χ4v) is 7.12. The van der Waals surface area contributed by atoms with Crippen LogP contribution in [0, 0.1) is 5.92 Å². The number of hydrogen-bond acceptors (Lipinski definition) is 5. The van der Waals surface area contributed by atoms with Gasteiger partial charge in [0.1, 0.15) is 0 Å². The zero-order valence-electron chi connectivity index (χ0n) is 20.4. The summed E-state index contributed by atoms with van der Waals surface area (Å²) < 4.78 is 28.3. The molecule has 182 valence electrons. The molecule has 0 radical (unpaired) electrons. The molecule has 0 amide bonds. The van der Waals surface area contributed by atoms with E-state index in [4.69, 9.17) is 10.1 Å². The summed E-state index contributed by atoms with van der Waals surface area (Å²) in [7, 11) is -3.74. The molecule has 2 aliphatic rings. The molecule has 2 aromatic rings. The quantitative estimate of drug-likeness (QED) is 0.508. The summed E-state index contributed by atoms with van der Waals surface area (Å²) >= 11 is 1.27. The molecule has 1 aromatic carbocycles. The van der Waals surface area contributed by atoms with Crippen LogP contribution >= 0.6 is 11.3 Å². The molecule has 2 saturated carbocycles. The number of aliphatic hydroxyl groups is 1. The largest absolute Gasteiger partial charge is 0.395 e. The van der Waals surface area contributed by atoms with E-state index in [0.717, 1.165) is 22.6 Å². The normalized spacial score (nSPS) is 19.1. The van der Waals surface area contributed by atoms with E-state index in [1.165, 1.54) is 67.4 Å². The molecule has 0 bridgehead atoms. The lowest BCUT2D eigenvalue weighted by Gasteiger charge is -2.24. The van der Waals surface area contributed by atoms with Crippen molar-refractivity contribution < 1.29 is 13.5 Å². The topological polar surface area (TPSA) is 79.3 Å². The van der Waals surface area contributed by atoms with Crippen LogP contribution in [0.4, 0.5) is 0 Å². The molecule has 0 aliphatic heterocycles. The van der Waals surface area contributed by atoms with Crippen LogP contribution < -0.4 is 4.72 Å². The first-order valence-electron chi connectivity index (χ1n) is 12.3. The maximum Gasteiger partial charge on any atom is 0.267 e. The summed E-state index contributed by atoms with van der Waals surface area (Å²) in [6.07, 6.45) is 9.38. The second-order valence-electron chi connectivity index (χ2n) is 11.2. The van der Waals surface area contributed by atoms with E-state index in [2.05, 4.69) is 50.6 Å². The van der Waals surface area contributed by atoms with E-state index in [1.807, 2.05) is 0 Å². The summed E-state index contributed by atoms with van der Waals surface area (Å²) in [6.45, 7) is 8.78. The minimum absolute atomic E-state index is 0.00180. The van der Waals surface area contributed by atoms with E-state index in [9.17, 15) is 8.42 Å². The van der Waals surface area contributed by atoms with Crippen LogP contribution in [-0.2, 0) is 27.3 Å². The van der Waals surface area contributed by atoms with Gasteiger partial charge >= 0.3 is 0 Å². The van der Waals surface area contributed by atoms with Crippen molar-refractivity contribution in [1.82, 2.24) is 9.71 Å². The highest BCUT2D eigenvalue weighted by Gasteiger charge is 2.40. The van der Waals surface area contributed by atoms with Gasteiger partial charge in [0.05, 0.1) is 17.2 Å². The maximum atomic E-state index is 12.9. The minimum atomic E-state index is -3.74. The van der Waals surface area contributed by atoms with E-state index in [1.54, 1.807) is 0 Å². The summed E-state index contributed by atoms with van der Waals surface area (Å²) in [5, 5.41) is 9.11. The molecule has 2 aliphatic carbocycles. The van der Waals surface area contributed by atoms with Gasteiger partial charge in [-0.3, -0.25) is 0 Å². The molecular formula is C26H38N2O3S2. The number of hydrogen-bond donors (Lipinski definition) is 2. The molecule has 1 aromatic heterocycles. The molecule has 2 N–H and O–H groups in total. The first-order chi connectivity index (χ1) is 15.5. The zero-order chi connectivity index (χ0) is 23.9. The fourth-order valence-electron chi connectivity index (χ4n) is 4.73. The lowest BCUT2D eigenvalue weighted by molar-refractivity contribution is 0.301. The highest BCUT2D eigenvalue weighted by Crippen LogP contribution is 2.50. The molecule has 33 heavy (non-hydrogen) atoms. The van der Waals surface area contributed by atoms with Gasteiger partial charge in [-0.25, -0.2) is 18.1 Å². The number of thiazole rings is 1. The van der Waals surface area contributed by atoms with Crippen LogP contribution in [0.2, 0.25) is 0 Å². The van der Waals surface area contributed by atoms with Gasteiger partial charge in [0.25, 0.3) is 10.0 Å². The Hall–Kier alpha value is -1.28. The molecule has 5 nitrogen and oxygen atoms in total. The average Bonchev–Trinajstić information content (AvgIpc) is 3.38. The smallest absolute Gasteiger partial charge is 0.267 e. The van der Waals surface area contributed by atoms with Crippen LogP contribution in [-0.4, -0.2) is 31.7 Å². The summed E-state index contributed by atoms with van der Waals surface area (Å²) in [4.78, 5) is 5.68. The van der Waals surface area contributed by atoms with Crippen molar-refractivity contribution in [2.75, 3.05) is 13.2 Å². The molecule has 4 rings (SSSR count). The molecule has 0 atom stereocenters. The number of aliphatic hydroxyl groups excluding tert-OH is 1. The van der Waals surface area contributed by atoms with Crippen LogP contribution in [0.25, 0.3) is 10.4 Å². The van der Waals surface area contributed by atoms with E-state index in [0.29, 0.717) is 5.92 Å². The lowest BCUT2D eigenvalue weighted by atomic mass is 9.82. The Labute approximate surface area is 203 Å². The lowest BCUT2D eigenvalue weighted by Crippen LogP contribution is -2.26. The fraction of sp³-hybridized carbons (Fsp3) is 0.654. The molecule has 2 fully saturated rings. The van der Waals surface area contributed by atoms with Crippen molar-refractivity contribution in [1.29, 1.82) is 0 Å². The first kappa shape index (κ1) is 24.8. The van der Waals surface area contributed by atoms with Gasteiger partial charge in [0.15, 0.2) is 0 Å². The van der Waals surface area contributed by atoms with Crippen molar-refractivity contribution in [2.24, 2.45) is 5.92 Å². The van der Waals surface area contributed by atoms with Crippen LogP contribution in [0.1, 0.15) is 89.5 Å². The van der Waals surface area contributed by atoms with Crippen molar-refractivity contribution in [3.05, 3.63) is 35.0 Å². The standard InChI is InChI=1S/C26H38N2O3S2/c1-25(2,3)20-15-19(16-21(17-20)26(4)10-11-26)23-22(14-18-8-6-5-7-9-18)28-24(32-23)33(30,31)27-12-13-29/h15-18,27,29H,5-14H2,1-4H3. The van der Waals surface area contributed by atoms with E-state index in [-0.39, 0.29) is 28.3 Å². The second kappa shape index (κ2) is 9.40. The molecular weight excluding hydrogens is 452 g/mol. The molecule has 0 unspecified atom stereocenters. The Balaban J connectivity index is 1.81. The second-order valence-corrected chi connectivity index (χ2v) is 14.1. The van der Waals surface area contributed by atoms with Crippen molar-refractivity contribution >= 4 is 21.4 Å². The van der Waals surface area contributed by atoms with Gasteiger partial charge < -0.3 is 5.11 Å². The van der Waals surface area contributed by atoms with Gasteiger partial charge in [-0.2, -0.15) is 0 Å². The van der Waals surface area contributed by atoms with Crippen molar-refractivity contribution in [3.8, 4) is 10.4 Å². The zero-order valence-corrected chi connectivity index (χ0v) is 22.0. The SMILES string of the molecule is CC(C)(C)c1cc(-c2sc(S(=O)(=O)NCCO)nc2CC2CCCCC2)cc(C2(C)CC2)c1. The summed E-state index contributed by atoms with van der Waals surface area (Å²) in [5.74, 6) is 0.562. The van der Waals surface area contributed by atoms with Crippen LogP contribution in [0.5, 0.6) is 0 Å². The van der Waals surface area contributed by atoms with Crippen molar-refractivity contribution in [3.63, 3.8) is 0 Å². The summed E-state index contributed by atoms with van der Waals surface area (Å²) in [5.41, 5.74) is 4.86. The van der Waals surface area contributed by atoms with E-state index >= 15 is 0 Å². The van der Waals surface area contributed by atoms with Gasteiger partial charge in [-0.15, -0.1) is 11.3 Å². The molecule has 7 heteroatoms. The van der Waals surface area contributed by atoms with Crippen LogP contribution in [0.15, 0.2) is 22.5 Å². The Kier molecular flexibility index (Phi) is 7.08. The van der Waals surface area contributed by atoms with Crippen LogP contribution in [0.3, 0.4) is 0 Å². The number of aromatic nitrogens is 1. The third kappa shape index (κ3) is 5.69. The number of rotatable bonds is 8. The predicted molar refractivity (Wildman–Crippen MR) is 135 cm³/mol. The number of benzene rings is 1. The molecule has 0 spiro atoms. The van der Waals surface area contributed by atoms with E-state index < -0.39 is 10.0 Å². The number of sulfonamides is 1. The average molecular weight is 491 g/mol. The molecule has 1 heterocycles. The highest BCUT2D eigenvalue weighted by molar-refractivity contribution is 7.91. The highest BCUT2D eigenvalue weighted by atomic mass is 32.2. The van der Waals surface area contributed by atoms with Gasteiger partial charge in [-0.1, -0.05) is 65.9 Å². The Morgan fingerprint density at radius 2 is 1.85 bits per heavy atom. The Morgan fingerprint density at radius 1 is 1.15 bits per heavy atom. The number of nitrogens with zero attached hydrogens (tertiary/aromatic N) is 1. The maximum absolute atomic E-state index is 12.9. The third-order valence-corrected chi connectivity index (χ3v) is 10.3.